The SMILES string of the molecule is CSc1ccccc1C(=O)N1CCNC(C)C1. The fourth-order valence-corrected chi connectivity index (χ4v) is 2.70. The Morgan fingerprint density at radius 1 is 1.47 bits per heavy atom. The van der Waals surface area contributed by atoms with Crippen LogP contribution in [0.15, 0.2) is 29.2 Å². The summed E-state index contributed by atoms with van der Waals surface area (Å²) < 4.78 is 0. The lowest BCUT2D eigenvalue weighted by atomic mass is 10.1. The van der Waals surface area contributed by atoms with E-state index in [9.17, 15) is 4.79 Å². The highest BCUT2D eigenvalue weighted by molar-refractivity contribution is 7.98. The van der Waals surface area contributed by atoms with E-state index in [0.717, 1.165) is 30.1 Å². The molecule has 1 N–H and O–H groups in total. The summed E-state index contributed by atoms with van der Waals surface area (Å²) >= 11 is 1.63. The van der Waals surface area contributed by atoms with Gasteiger partial charge in [0.2, 0.25) is 0 Å². The van der Waals surface area contributed by atoms with Crippen LogP contribution in [0, 0.1) is 0 Å². The van der Waals surface area contributed by atoms with Crippen LogP contribution in [-0.2, 0) is 0 Å². The lowest BCUT2D eigenvalue weighted by molar-refractivity contribution is 0.0705. The quantitative estimate of drug-likeness (QED) is 0.813. The van der Waals surface area contributed by atoms with Crippen LogP contribution in [0.5, 0.6) is 0 Å². The number of benzene rings is 1. The summed E-state index contributed by atoms with van der Waals surface area (Å²) in [6.45, 7) is 4.59. The summed E-state index contributed by atoms with van der Waals surface area (Å²) in [6.07, 6.45) is 2.01. The molecule has 1 saturated heterocycles. The number of nitrogens with one attached hydrogen (secondary N) is 1. The highest BCUT2D eigenvalue weighted by atomic mass is 32.2. The Balaban J connectivity index is 2.18. The Kier molecular flexibility index (Phi) is 4.07. The fourth-order valence-electron chi connectivity index (χ4n) is 2.11. The number of piperazine rings is 1. The highest BCUT2D eigenvalue weighted by Gasteiger charge is 2.22. The first-order valence-corrected chi connectivity index (χ1v) is 7.10. The van der Waals surface area contributed by atoms with Crippen molar-refractivity contribution < 1.29 is 4.79 Å². The zero-order chi connectivity index (χ0) is 12.3. The maximum Gasteiger partial charge on any atom is 0.255 e. The van der Waals surface area contributed by atoms with Gasteiger partial charge >= 0.3 is 0 Å². The topological polar surface area (TPSA) is 32.3 Å². The predicted molar refractivity (Wildman–Crippen MR) is 71.6 cm³/mol. The Bertz CT molecular complexity index is 408. The van der Waals surface area contributed by atoms with Gasteiger partial charge in [-0.25, -0.2) is 0 Å². The number of hydrogen-bond donors (Lipinski definition) is 1. The number of carbonyl (C=O) groups excluding carboxylic acids is 1. The van der Waals surface area contributed by atoms with Gasteiger partial charge < -0.3 is 10.2 Å². The number of rotatable bonds is 2. The average molecular weight is 250 g/mol. The molecule has 1 aliphatic rings. The van der Waals surface area contributed by atoms with Crippen LogP contribution in [0.3, 0.4) is 0 Å². The van der Waals surface area contributed by atoms with Crippen LogP contribution in [0.2, 0.25) is 0 Å². The van der Waals surface area contributed by atoms with Crippen molar-refractivity contribution in [3.05, 3.63) is 29.8 Å². The van der Waals surface area contributed by atoms with Crippen molar-refractivity contribution >= 4 is 17.7 Å². The van der Waals surface area contributed by atoms with Crippen molar-refractivity contribution in [1.82, 2.24) is 10.2 Å². The van der Waals surface area contributed by atoms with Crippen LogP contribution < -0.4 is 5.32 Å². The third kappa shape index (κ3) is 2.82. The van der Waals surface area contributed by atoms with Gasteiger partial charge in [0.25, 0.3) is 5.91 Å². The molecule has 1 heterocycles. The first-order valence-electron chi connectivity index (χ1n) is 5.88. The van der Waals surface area contributed by atoms with Gasteiger partial charge in [0, 0.05) is 30.6 Å². The standard InChI is InChI=1S/C13H18N2OS/c1-10-9-15(8-7-14-10)13(16)11-5-3-4-6-12(11)17-2/h3-6,10,14H,7-9H2,1-2H3. The minimum atomic E-state index is 0.156. The van der Waals surface area contributed by atoms with E-state index in [1.807, 2.05) is 35.4 Å². The minimum absolute atomic E-state index is 0.156. The van der Waals surface area contributed by atoms with E-state index >= 15 is 0 Å². The van der Waals surface area contributed by atoms with Crippen molar-refractivity contribution in [2.24, 2.45) is 0 Å². The zero-order valence-electron chi connectivity index (χ0n) is 10.3. The molecular weight excluding hydrogens is 232 g/mol. The van der Waals surface area contributed by atoms with Crippen molar-refractivity contribution in [2.45, 2.75) is 17.9 Å². The number of carbonyl (C=O) groups is 1. The van der Waals surface area contributed by atoms with E-state index < -0.39 is 0 Å². The fraction of sp³-hybridized carbons (Fsp3) is 0.462. The number of nitrogens with zero attached hydrogens (tertiary/aromatic N) is 1. The van der Waals surface area contributed by atoms with Gasteiger partial charge in [-0.3, -0.25) is 4.79 Å². The molecule has 1 atom stereocenters. The van der Waals surface area contributed by atoms with Crippen molar-refractivity contribution in [2.75, 3.05) is 25.9 Å². The summed E-state index contributed by atoms with van der Waals surface area (Å²) in [5.74, 6) is 0.156. The Hall–Kier alpha value is -1.00. The summed E-state index contributed by atoms with van der Waals surface area (Å²) in [5.41, 5.74) is 0.828. The molecule has 0 saturated carbocycles. The second-order valence-corrected chi connectivity index (χ2v) is 5.15. The molecule has 0 spiro atoms. The van der Waals surface area contributed by atoms with Crippen LogP contribution in [0.1, 0.15) is 17.3 Å². The van der Waals surface area contributed by atoms with E-state index in [1.54, 1.807) is 11.8 Å². The third-order valence-electron chi connectivity index (χ3n) is 2.99. The Labute approximate surface area is 107 Å². The Morgan fingerprint density at radius 2 is 2.24 bits per heavy atom. The number of thioether (sulfide) groups is 1. The van der Waals surface area contributed by atoms with Crippen LogP contribution in [0.25, 0.3) is 0 Å². The molecule has 1 fully saturated rings. The van der Waals surface area contributed by atoms with Crippen molar-refractivity contribution in [3.63, 3.8) is 0 Å². The molecule has 2 rings (SSSR count). The van der Waals surface area contributed by atoms with Gasteiger partial charge in [0.05, 0.1) is 5.56 Å². The van der Waals surface area contributed by atoms with E-state index in [4.69, 9.17) is 0 Å². The summed E-state index contributed by atoms with van der Waals surface area (Å²) in [5, 5.41) is 3.35. The Morgan fingerprint density at radius 3 is 2.94 bits per heavy atom. The molecule has 3 nitrogen and oxygen atoms in total. The largest absolute Gasteiger partial charge is 0.336 e. The lowest BCUT2D eigenvalue weighted by Crippen LogP contribution is -2.51. The zero-order valence-corrected chi connectivity index (χ0v) is 11.1. The molecule has 0 aromatic heterocycles. The molecule has 1 aliphatic heterocycles. The lowest BCUT2D eigenvalue weighted by Gasteiger charge is -2.32. The number of amides is 1. The summed E-state index contributed by atoms with van der Waals surface area (Å²) in [7, 11) is 0. The highest BCUT2D eigenvalue weighted by Crippen LogP contribution is 2.21. The molecule has 0 aliphatic carbocycles. The van der Waals surface area contributed by atoms with Gasteiger partial charge in [-0.1, -0.05) is 12.1 Å². The van der Waals surface area contributed by atoms with Gasteiger partial charge in [-0.05, 0) is 25.3 Å². The molecule has 4 heteroatoms. The molecule has 92 valence electrons. The van der Waals surface area contributed by atoms with E-state index in [-0.39, 0.29) is 5.91 Å². The summed E-state index contributed by atoms with van der Waals surface area (Å²) in [6, 6.07) is 8.21. The molecule has 1 aromatic carbocycles. The van der Waals surface area contributed by atoms with E-state index in [1.165, 1.54) is 0 Å². The molecule has 17 heavy (non-hydrogen) atoms. The monoisotopic (exact) mass is 250 g/mol. The van der Waals surface area contributed by atoms with Gasteiger partial charge in [-0.2, -0.15) is 0 Å². The molecule has 1 aromatic rings. The summed E-state index contributed by atoms with van der Waals surface area (Å²) in [4.78, 5) is 15.4. The van der Waals surface area contributed by atoms with Crippen LogP contribution in [0.4, 0.5) is 0 Å². The van der Waals surface area contributed by atoms with Crippen LogP contribution >= 0.6 is 11.8 Å². The van der Waals surface area contributed by atoms with Gasteiger partial charge in [0.15, 0.2) is 0 Å². The van der Waals surface area contributed by atoms with Crippen molar-refractivity contribution in [1.29, 1.82) is 0 Å². The molecule has 0 bridgehead atoms. The number of hydrogen-bond acceptors (Lipinski definition) is 3. The maximum atomic E-state index is 12.4. The first kappa shape index (κ1) is 12.5. The van der Waals surface area contributed by atoms with E-state index in [2.05, 4.69) is 12.2 Å². The van der Waals surface area contributed by atoms with Gasteiger partial charge in [0.1, 0.15) is 0 Å². The predicted octanol–water partition coefficient (Wildman–Crippen LogP) is 1.84. The average Bonchev–Trinajstić information content (AvgIpc) is 2.38. The third-order valence-corrected chi connectivity index (χ3v) is 3.79. The maximum absolute atomic E-state index is 12.4. The molecular formula is C13H18N2OS. The second kappa shape index (κ2) is 5.56. The molecule has 0 radical (unpaired) electrons. The van der Waals surface area contributed by atoms with Gasteiger partial charge in [-0.15, -0.1) is 11.8 Å². The molecule has 1 amide bonds. The first-order chi connectivity index (χ1) is 8.22. The minimum Gasteiger partial charge on any atom is -0.336 e. The smallest absolute Gasteiger partial charge is 0.255 e. The second-order valence-electron chi connectivity index (χ2n) is 4.31. The van der Waals surface area contributed by atoms with Crippen molar-refractivity contribution in [3.8, 4) is 0 Å². The van der Waals surface area contributed by atoms with E-state index in [0.29, 0.717) is 6.04 Å². The normalized spacial score (nSPS) is 20.4. The molecule has 1 unspecified atom stereocenters. The van der Waals surface area contributed by atoms with Crippen LogP contribution in [-0.4, -0.2) is 42.7 Å².